The van der Waals surface area contributed by atoms with Gasteiger partial charge in [-0.2, -0.15) is 0 Å². The van der Waals surface area contributed by atoms with Gasteiger partial charge in [0.05, 0.1) is 11.6 Å². The second-order valence-corrected chi connectivity index (χ2v) is 4.94. The van der Waals surface area contributed by atoms with E-state index >= 15 is 0 Å². The Kier molecular flexibility index (Phi) is 5.08. The van der Waals surface area contributed by atoms with Gasteiger partial charge in [-0.15, -0.1) is 12.4 Å². The Morgan fingerprint density at radius 3 is 2.41 bits per heavy atom. The predicted octanol–water partition coefficient (Wildman–Crippen LogP) is 3.53. The van der Waals surface area contributed by atoms with E-state index < -0.39 is 12.1 Å². The molecule has 0 aliphatic rings. The zero-order valence-electron chi connectivity index (χ0n) is 11.7. The average Bonchev–Trinajstić information content (AvgIpc) is 2.53. The molecule has 0 saturated carbocycles. The van der Waals surface area contributed by atoms with Crippen molar-refractivity contribution >= 4 is 23.3 Å². The standard InChI is InChI=1S/C17H15FN2O.ClH/c18-13-8-6-11(7-9-13)15(19)17(21)14-5-1-3-12-4-2-10-20-16(12)14;/h1-10,15,17,21H,19H2;1H. The molecule has 0 aliphatic carbocycles. The van der Waals surface area contributed by atoms with Crippen molar-refractivity contribution in [2.75, 3.05) is 0 Å². The molecule has 22 heavy (non-hydrogen) atoms. The molecule has 3 N–H and O–H groups in total. The van der Waals surface area contributed by atoms with Crippen molar-refractivity contribution in [1.82, 2.24) is 4.98 Å². The maximum absolute atomic E-state index is 13.0. The van der Waals surface area contributed by atoms with E-state index in [1.54, 1.807) is 18.3 Å². The van der Waals surface area contributed by atoms with Gasteiger partial charge in [0.15, 0.2) is 0 Å². The SMILES string of the molecule is Cl.NC(c1ccc(F)cc1)C(O)c1cccc2cccnc12. The number of aliphatic hydroxyl groups excluding tert-OH is 1. The van der Waals surface area contributed by atoms with Crippen molar-refractivity contribution in [2.45, 2.75) is 12.1 Å². The number of aromatic nitrogens is 1. The van der Waals surface area contributed by atoms with Crippen LogP contribution in [0, 0.1) is 5.82 Å². The smallest absolute Gasteiger partial charge is 0.123 e. The van der Waals surface area contributed by atoms with Crippen molar-refractivity contribution in [3.05, 3.63) is 77.7 Å². The molecule has 1 aromatic heterocycles. The summed E-state index contributed by atoms with van der Waals surface area (Å²) in [4.78, 5) is 4.32. The van der Waals surface area contributed by atoms with Crippen molar-refractivity contribution < 1.29 is 9.50 Å². The highest BCUT2D eigenvalue weighted by Crippen LogP contribution is 2.30. The number of halogens is 2. The van der Waals surface area contributed by atoms with Crippen LogP contribution in [0.2, 0.25) is 0 Å². The highest BCUT2D eigenvalue weighted by atomic mass is 35.5. The maximum atomic E-state index is 13.0. The molecule has 0 bridgehead atoms. The summed E-state index contributed by atoms with van der Waals surface area (Å²) in [5.74, 6) is -0.327. The maximum Gasteiger partial charge on any atom is 0.123 e. The van der Waals surface area contributed by atoms with Crippen molar-refractivity contribution in [3.63, 3.8) is 0 Å². The van der Waals surface area contributed by atoms with E-state index in [1.165, 1.54) is 12.1 Å². The molecule has 3 nitrogen and oxygen atoms in total. The normalized spacial score (nSPS) is 13.4. The number of pyridine rings is 1. The summed E-state index contributed by atoms with van der Waals surface area (Å²) in [6, 6.07) is 14.6. The van der Waals surface area contributed by atoms with Crippen LogP contribution >= 0.6 is 12.4 Å². The fourth-order valence-electron chi connectivity index (χ4n) is 2.43. The Labute approximate surface area is 134 Å². The Hall–Kier alpha value is -2.01. The van der Waals surface area contributed by atoms with Crippen LogP contribution in [0.3, 0.4) is 0 Å². The lowest BCUT2D eigenvalue weighted by Crippen LogP contribution is -2.20. The molecule has 0 fully saturated rings. The molecule has 0 aliphatic heterocycles. The molecule has 114 valence electrons. The first-order valence-corrected chi connectivity index (χ1v) is 6.69. The van der Waals surface area contributed by atoms with E-state index in [9.17, 15) is 9.50 Å². The molecule has 0 spiro atoms. The third kappa shape index (κ3) is 3.09. The Morgan fingerprint density at radius 1 is 1.00 bits per heavy atom. The first-order valence-electron chi connectivity index (χ1n) is 6.69. The van der Waals surface area contributed by atoms with Gasteiger partial charge >= 0.3 is 0 Å². The third-order valence-electron chi connectivity index (χ3n) is 3.58. The fourth-order valence-corrected chi connectivity index (χ4v) is 2.43. The fraction of sp³-hybridized carbons (Fsp3) is 0.118. The zero-order valence-corrected chi connectivity index (χ0v) is 12.5. The van der Waals surface area contributed by atoms with Gasteiger partial charge in [-0.1, -0.05) is 36.4 Å². The number of rotatable bonds is 3. The number of aliphatic hydroxyl groups is 1. The highest BCUT2D eigenvalue weighted by molar-refractivity contribution is 5.85. The number of nitrogens with two attached hydrogens (primary N) is 1. The largest absolute Gasteiger partial charge is 0.386 e. The quantitative estimate of drug-likeness (QED) is 0.776. The van der Waals surface area contributed by atoms with Crippen LogP contribution in [-0.4, -0.2) is 10.1 Å². The average molecular weight is 319 g/mol. The Balaban J connectivity index is 0.00000176. The Morgan fingerprint density at radius 2 is 1.68 bits per heavy atom. The minimum absolute atomic E-state index is 0. The molecule has 3 aromatic rings. The minimum atomic E-state index is -0.908. The molecule has 0 amide bonds. The number of benzene rings is 2. The van der Waals surface area contributed by atoms with E-state index in [0.29, 0.717) is 11.1 Å². The van der Waals surface area contributed by atoms with Crippen molar-refractivity contribution in [3.8, 4) is 0 Å². The summed E-state index contributed by atoms with van der Waals surface area (Å²) in [5, 5.41) is 11.5. The van der Waals surface area contributed by atoms with Gasteiger partial charge in [-0.3, -0.25) is 4.98 Å². The topological polar surface area (TPSA) is 59.1 Å². The molecule has 2 atom stereocenters. The second kappa shape index (κ2) is 6.83. The van der Waals surface area contributed by atoms with Gasteiger partial charge in [-0.25, -0.2) is 4.39 Å². The molecular weight excluding hydrogens is 303 g/mol. The summed E-state index contributed by atoms with van der Waals surface area (Å²) >= 11 is 0. The summed E-state index contributed by atoms with van der Waals surface area (Å²) < 4.78 is 13.0. The van der Waals surface area contributed by atoms with Gasteiger partial charge in [0, 0.05) is 17.1 Å². The number of nitrogens with zero attached hydrogens (tertiary/aromatic N) is 1. The lowest BCUT2D eigenvalue weighted by Gasteiger charge is -2.20. The van der Waals surface area contributed by atoms with E-state index in [4.69, 9.17) is 5.73 Å². The Bertz CT molecular complexity index is 759. The summed E-state index contributed by atoms with van der Waals surface area (Å²) in [6.45, 7) is 0. The molecule has 1 heterocycles. The predicted molar refractivity (Wildman–Crippen MR) is 87.3 cm³/mol. The molecule has 0 radical (unpaired) electrons. The van der Waals surface area contributed by atoms with Crippen LogP contribution in [0.4, 0.5) is 4.39 Å². The van der Waals surface area contributed by atoms with Gasteiger partial charge in [0.2, 0.25) is 0 Å². The summed E-state index contributed by atoms with van der Waals surface area (Å²) in [6.07, 6.45) is 0.774. The molecule has 3 rings (SSSR count). The van der Waals surface area contributed by atoms with Crippen LogP contribution in [0.1, 0.15) is 23.3 Å². The first-order chi connectivity index (χ1) is 10.2. The zero-order chi connectivity index (χ0) is 14.8. The monoisotopic (exact) mass is 318 g/mol. The number of hydrogen-bond acceptors (Lipinski definition) is 3. The van der Waals surface area contributed by atoms with Crippen LogP contribution < -0.4 is 5.73 Å². The van der Waals surface area contributed by atoms with Crippen LogP contribution in [0.5, 0.6) is 0 Å². The molecular formula is C17H16ClFN2O. The molecule has 2 unspecified atom stereocenters. The van der Waals surface area contributed by atoms with E-state index in [2.05, 4.69) is 4.98 Å². The van der Waals surface area contributed by atoms with Gasteiger partial charge in [0.1, 0.15) is 11.9 Å². The number of hydrogen-bond donors (Lipinski definition) is 2. The van der Waals surface area contributed by atoms with Crippen molar-refractivity contribution in [2.24, 2.45) is 5.73 Å². The van der Waals surface area contributed by atoms with E-state index in [-0.39, 0.29) is 18.2 Å². The summed E-state index contributed by atoms with van der Waals surface area (Å²) in [7, 11) is 0. The van der Waals surface area contributed by atoms with Crippen LogP contribution in [0.15, 0.2) is 60.8 Å². The van der Waals surface area contributed by atoms with Gasteiger partial charge < -0.3 is 10.8 Å². The molecule has 0 saturated heterocycles. The van der Waals surface area contributed by atoms with Crippen molar-refractivity contribution in [1.29, 1.82) is 0 Å². The number of para-hydroxylation sites is 1. The van der Waals surface area contributed by atoms with E-state index in [1.807, 2.05) is 30.3 Å². The minimum Gasteiger partial charge on any atom is -0.386 e. The van der Waals surface area contributed by atoms with Gasteiger partial charge in [-0.05, 0) is 23.8 Å². The third-order valence-corrected chi connectivity index (χ3v) is 3.58. The van der Waals surface area contributed by atoms with Crippen LogP contribution in [-0.2, 0) is 0 Å². The molecule has 5 heteroatoms. The first kappa shape index (κ1) is 16.4. The second-order valence-electron chi connectivity index (χ2n) is 4.94. The number of fused-ring (bicyclic) bond motifs is 1. The van der Waals surface area contributed by atoms with E-state index in [0.717, 1.165) is 10.9 Å². The van der Waals surface area contributed by atoms with Gasteiger partial charge in [0.25, 0.3) is 0 Å². The van der Waals surface area contributed by atoms with Crippen LogP contribution in [0.25, 0.3) is 10.9 Å². The summed E-state index contributed by atoms with van der Waals surface area (Å²) in [5.41, 5.74) is 8.19. The lowest BCUT2D eigenvalue weighted by atomic mass is 9.95. The molecule has 2 aromatic carbocycles. The highest BCUT2D eigenvalue weighted by Gasteiger charge is 2.21. The lowest BCUT2D eigenvalue weighted by molar-refractivity contribution is 0.148.